The van der Waals surface area contributed by atoms with Gasteiger partial charge in [0.2, 0.25) is 0 Å². The lowest BCUT2D eigenvalue weighted by Gasteiger charge is -2.11. The largest absolute Gasteiger partial charge is 0.416 e. The third-order valence-corrected chi connectivity index (χ3v) is 1.60. The molecule has 0 aliphatic rings. The number of halogens is 3. The van der Waals surface area contributed by atoms with Crippen LogP contribution in [0.2, 0.25) is 0 Å². The van der Waals surface area contributed by atoms with E-state index in [1.807, 2.05) is 6.92 Å². The average molecular weight is 178 g/mol. The zero-order valence-corrected chi connectivity index (χ0v) is 7.17. The van der Waals surface area contributed by atoms with Crippen LogP contribution < -0.4 is 0 Å². The van der Waals surface area contributed by atoms with Gasteiger partial charge in [0.25, 0.3) is 0 Å². The van der Waals surface area contributed by atoms with Crippen molar-refractivity contribution in [2.24, 2.45) is 0 Å². The van der Waals surface area contributed by atoms with Crippen molar-refractivity contribution < 1.29 is 13.2 Å². The molecule has 0 aliphatic carbocycles. The minimum Gasteiger partial charge on any atom is -0.166 e. The number of hydrogen-bond acceptors (Lipinski definition) is 0. The number of rotatable bonds is 4. The molecule has 0 aromatic heterocycles. The first-order valence-electron chi connectivity index (χ1n) is 3.83. The van der Waals surface area contributed by atoms with Gasteiger partial charge in [0, 0.05) is 0 Å². The van der Waals surface area contributed by atoms with Crippen LogP contribution in [0.15, 0.2) is 24.3 Å². The molecule has 0 spiro atoms. The number of alkyl halides is 3. The molecule has 0 nitrogen and oxygen atoms in total. The minimum absolute atomic E-state index is 0.101. The van der Waals surface area contributed by atoms with E-state index in [9.17, 15) is 13.2 Å². The van der Waals surface area contributed by atoms with E-state index in [0.29, 0.717) is 6.42 Å². The Hall–Kier alpha value is -0.730. The molecule has 0 unspecified atom stereocenters. The maximum absolute atomic E-state index is 12.0. The Bertz CT molecular complexity index is 177. The molecule has 0 bridgehead atoms. The molecule has 70 valence electrons. The lowest BCUT2D eigenvalue weighted by molar-refractivity contribution is -0.0891. The number of allylic oxidation sites excluding steroid dienone is 2. The SMILES string of the molecule is C=C(CCCC)C(=C)C(F)(F)F. The van der Waals surface area contributed by atoms with Gasteiger partial charge in [-0.05, 0) is 18.4 Å². The zero-order chi connectivity index (χ0) is 9.78. The molecule has 0 aromatic rings. The van der Waals surface area contributed by atoms with Gasteiger partial charge in [0.1, 0.15) is 0 Å². The molecule has 0 amide bonds. The molecule has 0 saturated carbocycles. The molecule has 0 rings (SSSR count). The molecule has 0 atom stereocenters. The van der Waals surface area contributed by atoms with Gasteiger partial charge in [0.05, 0.1) is 5.57 Å². The summed E-state index contributed by atoms with van der Waals surface area (Å²) in [6.07, 6.45) is -2.34. The highest BCUT2D eigenvalue weighted by Crippen LogP contribution is 2.30. The van der Waals surface area contributed by atoms with Crippen LogP contribution in [0.3, 0.4) is 0 Å². The van der Waals surface area contributed by atoms with E-state index in [1.54, 1.807) is 0 Å². The van der Waals surface area contributed by atoms with Crippen LogP contribution in [-0.4, -0.2) is 6.18 Å². The standard InChI is InChI=1S/C9H13F3/c1-4-5-6-7(2)8(3)9(10,11)12/h2-6H2,1H3. The summed E-state index contributed by atoms with van der Waals surface area (Å²) in [5.74, 6) is 0. The van der Waals surface area contributed by atoms with Crippen LogP contribution >= 0.6 is 0 Å². The van der Waals surface area contributed by atoms with Crippen molar-refractivity contribution in [2.45, 2.75) is 32.4 Å². The Morgan fingerprint density at radius 3 is 2.08 bits per heavy atom. The van der Waals surface area contributed by atoms with Crippen LogP contribution in [0, 0.1) is 0 Å². The molecule has 0 saturated heterocycles. The van der Waals surface area contributed by atoms with Crippen molar-refractivity contribution in [1.82, 2.24) is 0 Å². The predicted octanol–water partition coefficient (Wildman–Crippen LogP) is 3.85. The normalized spacial score (nSPS) is 11.3. The molecule has 12 heavy (non-hydrogen) atoms. The molecule has 0 heterocycles. The maximum Gasteiger partial charge on any atom is 0.416 e. The number of hydrogen-bond donors (Lipinski definition) is 0. The van der Waals surface area contributed by atoms with Crippen LogP contribution in [0.5, 0.6) is 0 Å². The lowest BCUT2D eigenvalue weighted by Crippen LogP contribution is -2.12. The highest BCUT2D eigenvalue weighted by Gasteiger charge is 2.32. The summed E-state index contributed by atoms with van der Waals surface area (Å²) < 4.78 is 35.9. The van der Waals surface area contributed by atoms with Gasteiger partial charge in [-0.1, -0.05) is 26.5 Å². The highest BCUT2D eigenvalue weighted by molar-refractivity contribution is 5.29. The number of unbranched alkanes of at least 4 members (excludes halogenated alkanes) is 1. The van der Waals surface area contributed by atoms with Crippen LogP contribution in [0.4, 0.5) is 13.2 Å². The van der Waals surface area contributed by atoms with Crippen molar-refractivity contribution in [1.29, 1.82) is 0 Å². The monoisotopic (exact) mass is 178 g/mol. The third-order valence-electron chi connectivity index (χ3n) is 1.60. The molecule has 0 N–H and O–H groups in total. The van der Waals surface area contributed by atoms with Gasteiger partial charge in [-0.25, -0.2) is 0 Å². The molecule has 0 fully saturated rings. The third kappa shape index (κ3) is 3.60. The Morgan fingerprint density at radius 1 is 1.25 bits per heavy atom. The smallest absolute Gasteiger partial charge is 0.166 e. The van der Waals surface area contributed by atoms with Gasteiger partial charge in [0.15, 0.2) is 0 Å². The zero-order valence-electron chi connectivity index (χ0n) is 7.17. The molecule has 0 aromatic carbocycles. The fourth-order valence-electron chi connectivity index (χ4n) is 0.741. The summed E-state index contributed by atoms with van der Waals surface area (Å²) in [5.41, 5.74) is -0.694. The quantitative estimate of drug-likeness (QED) is 0.573. The Balaban J connectivity index is 4.04. The van der Waals surface area contributed by atoms with Gasteiger partial charge in [-0.15, -0.1) is 0 Å². The lowest BCUT2D eigenvalue weighted by atomic mass is 10.0. The van der Waals surface area contributed by atoms with Crippen molar-refractivity contribution >= 4 is 0 Å². The summed E-state index contributed by atoms with van der Waals surface area (Å²) in [6.45, 7) is 8.21. The first-order valence-corrected chi connectivity index (χ1v) is 3.83. The van der Waals surface area contributed by atoms with Crippen molar-refractivity contribution in [2.75, 3.05) is 0 Å². The van der Waals surface area contributed by atoms with E-state index in [1.165, 1.54) is 0 Å². The molecule has 3 heteroatoms. The first-order chi connectivity index (χ1) is 5.39. The van der Waals surface area contributed by atoms with Gasteiger partial charge in [-0.2, -0.15) is 13.2 Å². The van der Waals surface area contributed by atoms with Crippen molar-refractivity contribution in [3.63, 3.8) is 0 Å². The summed E-state index contributed by atoms with van der Waals surface area (Å²) in [5, 5.41) is 0. The fraction of sp³-hybridized carbons (Fsp3) is 0.556. The van der Waals surface area contributed by atoms with Gasteiger partial charge < -0.3 is 0 Å². The van der Waals surface area contributed by atoms with Crippen LogP contribution in [-0.2, 0) is 0 Å². The van der Waals surface area contributed by atoms with Gasteiger partial charge >= 0.3 is 6.18 Å². The van der Waals surface area contributed by atoms with Crippen LogP contribution in [0.25, 0.3) is 0 Å². The van der Waals surface area contributed by atoms with E-state index in [2.05, 4.69) is 13.2 Å². The van der Waals surface area contributed by atoms with E-state index in [0.717, 1.165) is 12.8 Å². The first kappa shape index (κ1) is 11.3. The summed E-state index contributed by atoms with van der Waals surface area (Å²) >= 11 is 0. The van der Waals surface area contributed by atoms with E-state index in [4.69, 9.17) is 0 Å². The Morgan fingerprint density at radius 2 is 1.75 bits per heavy atom. The molecule has 0 aliphatic heterocycles. The van der Waals surface area contributed by atoms with E-state index < -0.39 is 11.7 Å². The minimum atomic E-state index is -4.31. The second-order valence-electron chi connectivity index (χ2n) is 2.68. The summed E-state index contributed by atoms with van der Waals surface area (Å²) in [6, 6.07) is 0. The van der Waals surface area contributed by atoms with E-state index in [-0.39, 0.29) is 5.57 Å². The average Bonchev–Trinajstić information content (AvgIpc) is 1.97. The predicted molar refractivity (Wildman–Crippen MR) is 43.9 cm³/mol. The second kappa shape index (κ2) is 4.33. The molecular formula is C9H13F3. The second-order valence-corrected chi connectivity index (χ2v) is 2.68. The summed E-state index contributed by atoms with van der Waals surface area (Å²) in [7, 11) is 0. The Labute approximate surface area is 70.8 Å². The molecule has 0 radical (unpaired) electrons. The van der Waals surface area contributed by atoms with E-state index >= 15 is 0 Å². The fourth-order valence-corrected chi connectivity index (χ4v) is 0.741. The topological polar surface area (TPSA) is 0 Å². The highest BCUT2D eigenvalue weighted by atomic mass is 19.4. The van der Waals surface area contributed by atoms with Gasteiger partial charge in [-0.3, -0.25) is 0 Å². The van der Waals surface area contributed by atoms with Crippen LogP contribution in [0.1, 0.15) is 26.2 Å². The van der Waals surface area contributed by atoms with Crippen molar-refractivity contribution in [3.8, 4) is 0 Å². The molecular weight excluding hydrogens is 165 g/mol. The Kier molecular flexibility index (Phi) is 4.07. The summed E-state index contributed by atoms with van der Waals surface area (Å²) in [4.78, 5) is 0. The maximum atomic E-state index is 12.0. The van der Waals surface area contributed by atoms with Crippen molar-refractivity contribution in [3.05, 3.63) is 24.3 Å².